The van der Waals surface area contributed by atoms with E-state index in [1.165, 1.54) is 61.2 Å². The molecule has 0 aliphatic heterocycles. The third-order valence-electron chi connectivity index (χ3n) is 10.3. The van der Waals surface area contributed by atoms with Gasteiger partial charge in [-0.25, -0.2) is 0 Å². The Hall–Kier alpha value is -7.22. The molecule has 0 bridgehead atoms. The third kappa shape index (κ3) is 7.12. The molecule has 0 aliphatic rings. The van der Waals surface area contributed by atoms with Gasteiger partial charge in [-0.3, -0.25) is 0 Å². The number of hydrogen-bond donors (Lipinski definition) is 0. The molecule has 0 amide bonds. The first-order valence-corrected chi connectivity index (χ1v) is 18.8. The van der Waals surface area contributed by atoms with Gasteiger partial charge in [0.25, 0.3) is 0 Å². The number of para-hydroxylation sites is 1. The maximum absolute atomic E-state index is 2.36. The summed E-state index contributed by atoms with van der Waals surface area (Å²) in [4.78, 5) is 2.36. The monoisotopic (exact) mass is 701 g/mol. The summed E-state index contributed by atoms with van der Waals surface area (Å²) in [6, 6.07) is 85.0. The molecule has 0 unspecified atom stereocenters. The lowest BCUT2D eigenvalue weighted by molar-refractivity contribution is 1.28. The third-order valence-corrected chi connectivity index (χ3v) is 10.3. The minimum Gasteiger partial charge on any atom is -0.310 e. The van der Waals surface area contributed by atoms with Crippen molar-refractivity contribution in [2.24, 2.45) is 0 Å². The standard InChI is InChI=1S/C54H39N/c1-6-17-40(18-7-1)42-29-31-43(32-30-42)44-33-35-50(36-34-44)55(49-26-14-5-15-27-49)51-28-16-25-47(37-51)54-52(45-21-10-3-11-22-45)38-48(41-19-8-2-9-20-41)39-53(54)46-23-12-4-13-24-46/h1-39H. The molecule has 1 heteroatoms. The van der Waals surface area contributed by atoms with E-state index in [9.17, 15) is 0 Å². The molecule has 0 N–H and O–H groups in total. The lowest BCUT2D eigenvalue weighted by Crippen LogP contribution is -2.10. The number of hydrogen-bond acceptors (Lipinski definition) is 1. The van der Waals surface area contributed by atoms with Crippen LogP contribution in [0.25, 0.3) is 66.8 Å². The molecular formula is C54H39N. The number of nitrogens with zero attached hydrogens (tertiary/aromatic N) is 1. The van der Waals surface area contributed by atoms with E-state index in [-0.39, 0.29) is 0 Å². The van der Waals surface area contributed by atoms with Crippen molar-refractivity contribution >= 4 is 17.1 Å². The molecule has 1 nitrogen and oxygen atoms in total. The van der Waals surface area contributed by atoms with Crippen LogP contribution in [-0.4, -0.2) is 0 Å². The first-order valence-electron chi connectivity index (χ1n) is 18.8. The SMILES string of the molecule is c1ccc(-c2ccc(-c3ccc(N(c4ccccc4)c4cccc(-c5c(-c6ccccc6)cc(-c6ccccc6)cc5-c5ccccc5)c4)cc3)cc2)cc1. The van der Waals surface area contributed by atoms with Gasteiger partial charge in [0.2, 0.25) is 0 Å². The van der Waals surface area contributed by atoms with Crippen LogP contribution in [0, 0.1) is 0 Å². The second-order valence-electron chi connectivity index (χ2n) is 13.8. The Labute approximate surface area is 324 Å². The Morgan fingerprint density at radius 3 is 1.00 bits per heavy atom. The molecule has 9 rings (SSSR count). The van der Waals surface area contributed by atoms with Crippen molar-refractivity contribution in [3.8, 4) is 66.8 Å². The van der Waals surface area contributed by atoms with Crippen LogP contribution in [0.4, 0.5) is 17.1 Å². The van der Waals surface area contributed by atoms with Crippen LogP contribution in [0.2, 0.25) is 0 Å². The molecular weight excluding hydrogens is 663 g/mol. The molecule has 0 saturated heterocycles. The Morgan fingerprint density at radius 2 is 0.527 bits per heavy atom. The van der Waals surface area contributed by atoms with Gasteiger partial charge in [0.1, 0.15) is 0 Å². The number of anilines is 3. The Kier molecular flexibility index (Phi) is 9.41. The summed E-state index contributed by atoms with van der Waals surface area (Å²) in [7, 11) is 0. The van der Waals surface area contributed by atoms with E-state index in [4.69, 9.17) is 0 Å². The summed E-state index contributed by atoms with van der Waals surface area (Å²) in [6.07, 6.45) is 0. The van der Waals surface area contributed by atoms with Crippen molar-refractivity contribution in [2.75, 3.05) is 4.90 Å². The van der Waals surface area contributed by atoms with Gasteiger partial charge in [-0.2, -0.15) is 0 Å². The highest BCUT2D eigenvalue weighted by Crippen LogP contribution is 2.45. The number of rotatable bonds is 9. The molecule has 9 aromatic carbocycles. The van der Waals surface area contributed by atoms with Crippen molar-refractivity contribution in [1.29, 1.82) is 0 Å². The molecule has 0 atom stereocenters. The molecule has 0 spiro atoms. The number of benzene rings is 9. The van der Waals surface area contributed by atoms with Crippen LogP contribution in [0.15, 0.2) is 237 Å². The highest BCUT2D eigenvalue weighted by molar-refractivity contribution is 5.98. The zero-order valence-corrected chi connectivity index (χ0v) is 30.5. The van der Waals surface area contributed by atoms with Crippen LogP contribution in [0.1, 0.15) is 0 Å². The first-order chi connectivity index (χ1) is 27.3. The lowest BCUT2D eigenvalue weighted by Gasteiger charge is -2.27. The summed E-state index contributed by atoms with van der Waals surface area (Å²) >= 11 is 0. The quantitative estimate of drug-likeness (QED) is 0.145. The largest absolute Gasteiger partial charge is 0.310 e. The van der Waals surface area contributed by atoms with E-state index < -0.39 is 0 Å². The predicted octanol–water partition coefficient (Wildman–Crippen LogP) is 15.2. The van der Waals surface area contributed by atoms with E-state index in [0.29, 0.717) is 0 Å². The predicted molar refractivity (Wildman–Crippen MR) is 234 cm³/mol. The van der Waals surface area contributed by atoms with Crippen molar-refractivity contribution in [1.82, 2.24) is 0 Å². The van der Waals surface area contributed by atoms with Crippen LogP contribution < -0.4 is 4.90 Å². The second-order valence-corrected chi connectivity index (χ2v) is 13.8. The van der Waals surface area contributed by atoms with Crippen LogP contribution in [0.3, 0.4) is 0 Å². The fourth-order valence-corrected chi connectivity index (χ4v) is 7.55. The van der Waals surface area contributed by atoms with E-state index >= 15 is 0 Å². The van der Waals surface area contributed by atoms with Gasteiger partial charge in [-0.05, 0) is 115 Å². The minimum atomic E-state index is 1.09. The zero-order chi connectivity index (χ0) is 36.8. The summed E-state index contributed by atoms with van der Waals surface area (Å²) in [5.41, 5.74) is 17.6. The summed E-state index contributed by atoms with van der Waals surface area (Å²) in [5.74, 6) is 0. The normalized spacial score (nSPS) is 10.9. The van der Waals surface area contributed by atoms with Crippen molar-refractivity contribution in [3.63, 3.8) is 0 Å². The molecule has 0 saturated carbocycles. The maximum Gasteiger partial charge on any atom is 0.0467 e. The van der Waals surface area contributed by atoms with E-state index in [2.05, 4.69) is 241 Å². The van der Waals surface area contributed by atoms with Gasteiger partial charge in [0, 0.05) is 17.1 Å². The average molecular weight is 702 g/mol. The van der Waals surface area contributed by atoms with Gasteiger partial charge in [-0.1, -0.05) is 188 Å². The van der Waals surface area contributed by atoms with E-state index in [1.807, 2.05) is 0 Å². The molecule has 0 fully saturated rings. The Bertz CT molecular complexity index is 2570. The van der Waals surface area contributed by atoms with Gasteiger partial charge in [0.05, 0.1) is 0 Å². The summed E-state index contributed by atoms with van der Waals surface area (Å²) < 4.78 is 0. The van der Waals surface area contributed by atoms with Gasteiger partial charge in [0.15, 0.2) is 0 Å². The molecule has 0 heterocycles. The van der Waals surface area contributed by atoms with Gasteiger partial charge >= 0.3 is 0 Å². The van der Waals surface area contributed by atoms with Crippen molar-refractivity contribution < 1.29 is 0 Å². The minimum absolute atomic E-state index is 1.09. The van der Waals surface area contributed by atoms with Crippen molar-refractivity contribution in [3.05, 3.63) is 237 Å². The van der Waals surface area contributed by atoms with Crippen LogP contribution in [-0.2, 0) is 0 Å². The highest BCUT2D eigenvalue weighted by atomic mass is 15.1. The average Bonchev–Trinajstić information content (AvgIpc) is 3.28. The van der Waals surface area contributed by atoms with E-state index in [0.717, 1.165) is 22.6 Å². The molecule has 0 radical (unpaired) electrons. The molecule has 9 aromatic rings. The highest BCUT2D eigenvalue weighted by Gasteiger charge is 2.19. The fourth-order valence-electron chi connectivity index (χ4n) is 7.55. The summed E-state index contributed by atoms with van der Waals surface area (Å²) in [5, 5.41) is 0. The lowest BCUT2D eigenvalue weighted by atomic mass is 9.84. The van der Waals surface area contributed by atoms with Crippen molar-refractivity contribution in [2.45, 2.75) is 0 Å². The first kappa shape index (κ1) is 33.6. The topological polar surface area (TPSA) is 3.24 Å². The smallest absolute Gasteiger partial charge is 0.0467 e. The van der Waals surface area contributed by atoms with Gasteiger partial charge in [-0.15, -0.1) is 0 Å². The molecule has 260 valence electrons. The Morgan fingerprint density at radius 1 is 0.200 bits per heavy atom. The Balaban J connectivity index is 1.17. The van der Waals surface area contributed by atoms with E-state index in [1.54, 1.807) is 0 Å². The van der Waals surface area contributed by atoms with Crippen LogP contribution in [0.5, 0.6) is 0 Å². The maximum atomic E-state index is 2.36. The second kappa shape index (κ2) is 15.4. The van der Waals surface area contributed by atoms with Gasteiger partial charge < -0.3 is 4.90 Å². The fraction of sp³-hybridized carbons (Fsp3) is 0. The molecule has 0 aromatic heterocycles. The van der Waals surface area contributed by atoms with Crippen LogP contribution >= 0.6 is 0 Å². The molecule has 0 aliphatic carbocycles. The zero-order valence-electron chi connectivity index (χ0n) is 30.5. The summed E-state index contributed by atoms with van der Waals surface area (Å²) in [6.45, 7) is 0. The molecule has 55 heavy (non-hydrogen) atoms.